The van der Waals surface area contributed by atoms with Gasteiger partial charge in [-0.05, 0) is 30.9 Å². The Balaban J connectivity index is 1.76. The highest BCUT2D eigenvalue weighted by atomic mass is 16.4. The first-order valence-corrected chi connectivity index (χ1v) is 5.92. The zero-order valence-corrected chi connectivity index (χ0v) is 9.64. The fourth-order valence-corrected chi connectivity index (χ4v) is 2.27. The highest BCUT2D eigenvalue weighted by Crippen LogP contribution is 2.22. The minimum absolute atomic E-state index is 0.342. The van der Waals surface area contributed by atoms with Crippen molar-refractivity contribution in [3.63, 3.8) is 0 Å². The number of nitrogens with zero attached hydrogens (tertiary/aromatic N) is 1. The zero-order valence-electron chi connectivity index (χ0n) is 9.64. The lowest BCUT2D eigenvalue weighted by Gasteiger charge is -2.15. The van der Waals surface area contributed by atoms with Gasteiger partial charge in [0.05, 0.1) is 6.73 Å². The van der Waals surface area contributed by atoms with Crippen LogP contribution in [0.4, 0.5) is 0 Å². The average Bonchev–Trinajstić information content (AvgIpc) is 2.75. The molecule has 0 spiro atoms. The highest BCUT2D eigenvalue weighted by molar-refractivity contribution is 6.29. The minimum atomic E-state index is 0.342. The Morgan fingerprint density at radius 3 is 2.94 bits per heavy atom. The molecule has 1 heterocycles. The second kappa shape index (κ2) is 6.04. The number of hydrogen-bond acceptors (Lipinski definition) is 3. The lowest BCUT2D eigenvalue weighted by atomic mass is 9.79. The van der Waals surface area contributed by atoms with Gasteiger partial charge in [-0.1, -0.05) is 30.3 Å². The second-order valence-electron chi connectivity index (χ2n) is 4.41. The number of rotatable bonds is 5. The monoisotopic (exact) mass is 218 g/mol. The summed E-state index contributed by atoms with van der Waals surface area (Å²) in [7, 11) is 0.807. The molecule has 1 aromatic carbocycles. The van der Waals surface area contributed by atoms with Gasteiger partial charge < -0.3 is 10.4 Å². The van der Waals surface area contributed by atoms with Crippen molar-refractivity contribution in [3.8, 4) is 0 Å². The van der Waals surface area contributed by atoms with Crippen LogP contribution in [-0.4, -0.2) is 32.2 Å². The molecule has 1 aliphatic heterocycles. The summed E-state index contributed by atoms with van der Waals surface area (Å²) in [5.41, 5.74) is 6.72. The fourth-order valence-electron chi connectivity index (χ4n) is 2.27. The molecule has 0 aromatic heterocycles. The van der Waals surface area contributed by atoms with E-state index < -0.39 is 0 Å². The van der Waals surface area contributed by atoms with Crippen molar-refractivity contribution in [1.82, 2.24) is 4.90 Å². The van der Waals surface area contributed by atoms with Crippen molar-refractivity contribution in [1.29, 1.82) is 0 Å². The Hall–Kier alpha value is -0.835. The SMILES string of the molecule is NCOB[C@@H]1CCN(Cc2ccccc2)C1. The zero-order chi connectivity index (χ0) is 11.2. The van der Waals surface area contributed by atoms with E-state index in [4.69, 9.17) is 10.4 Å². The Morgan fingerprint density at radius 2 is 2.19 bits per heavy atom. The predicted octanol–water partition coefficient (Wildman–Crippen LogP) is 0.965. The predicted molar refractivity (Wildman–Crippen MR) is 67.4 cm³/mol. The lowest BCUT2D eigenvalue weighted by Crippen LogP contribution is -2.21. The van der Waals surface area contributed by atoms with Crippen LogP contribution in [0.25, 0.3) is 0 Å². The van der Waals surface area contributed by atoms with Crippen LogP contribution in [0, 0.1) is 0 Å². The summed E-state index contributed by atoms with van der Waals surface area (Å²) >= 11 is 0. The Bertz CT molecular complexity index is 307. The smallest absolute Gasteiger partial charge is 0.281 e. The second-order valence-corrected chi connectivity index (χ2v) is 4.41. The lowest BCUT2D eigenvalue weighted by molar-refractivity contribution is 0.319. The maximum absolute atomic E-state index is 5.33. The maximum Gasteiger partial charge on any atom is 0.281 e. The third-order valence-corrected chi connectivity index (χ3v) is 3.09. The molecule has 0 aliphatic carbocycles. The molecule has 0 unspecified atom stereocenters. The van der Waals surface area contributed by atoms with Crippen LogP contribution in [0.5, 0.6) is 0 Å². The van der Waals surface area contributed by atoms with Crippen LogP contribution in [0.3, 0.4) is 0 Å². The van der Waals surface area contributed by atoms with E-state index in [1.54, 1.807) is 0 Å². The van der Waals surface area contributed by atoms with E-state index in [0.29, 0.717) is 12.5 Å². The third kappa shape index (κ3) is 3.34. The van der Waals surface area contributed by atoms with Gasteiger partial charge in [-0.2, -0.15) is 0 Å². The summed E-state index contributed by atoms with van der Waals surface area (Å²) in [6.45, 7) is 3.71. The van der Waals surface area contributed by atoms with Crippen LogP contribution in [0.2, 0.25) is 5.82 Å². The van der Waals surface area contributed by atoms with E-state index >= 15 is 0 Å². The summed E-state index contributed by atoms with van der Waals surface area (Å²) in [6.07, 6.45) is 1.23. The maximum atomic E-state index is 5.33. The van der Waals surface area contributed by atoms with E-state index in [9.17, 15) is 0 Å². The molecule has 4 heteroatoms. The van der Waals surface area contributed by atoms with E-state index in [2.05, 4.69) is 35.2 Å². The highest BCUT2D eigenvalue weighted by Gasteiger charge is 2.23. The molecule has 1 aromatic rings. The molecule has 2 N–H and O–H groups in total. The van der Waals surface area contributed by atoms with Gasteiger partial charge in [0.15, 0.2) is 0 Å². The van der Waals surface area contributed by atoms with Gasteiger partial charge in [-0.15, -0.1) is 0 Å². The van der Waals surface area contributed by atoms with Gasteiger partial charge in [0.25, 0.3) is 7.48 Å². The van der Waals surface area contributed by atoms with E-state index in [1.165, 1.54) is 18.5 Å². The number of hydrogen-bond donors (Lipinski definition) is 1. The molecule has 1 fully saturated rings. The molecule has 1 saturated heterocycles. The fraction of sp³-hybridized carbons (Fsp3) is 0.500. The standard InChI is InChI=1S/C12H19BN2O/c14-10-16-13-12-6-7-15(9-12)8-11-4-2-1-3-5-11/h1-5,12-13H,6-10,14H2/t12-/m1/s1. The number of likely N-dealkylation sites (tertiary alicyclic amines) is 1. The summed E-state index contributed by atoms with van der Waals surface area (Å²) in [5.74, 6) is 0.660. The Kier molecular flexibility index (Phi) is 4.39. The molecule has 86 valence electrons. The van der Waals surface area contributed by atoms with E-state index in [0.717, 1.165) is 20.6 Å². The van der Waals surface area contributed by atoms with Crippen molar-refractivity contribution in [2.75, 3.05) is 19.8 Å². The van der Waals surface area contributed by atoms with Crippen LogP contribution < -0.4 is 5.73 Å². The third-order valence-electron chi connectivity index (χ3n) is 3.09. The summed E-state index contributed by atoms with van der Waals surface area (Å²) in [6, 6.07) is 10.6. The van der Waals surface area contributed by atoms with Gasteiger partial charge in [-0.3, -0.25) is 4.90 Å². The van der Waals surface area contributed by atoms with Crippen molar-refractivity contribution in [2.45, 2.75) is 18.8 Å². The average molecular weight is 218 g/mol. The molecule has 1 aliphatic rings. The molecule has 0 amide bonds. The first-order chi connectivity index (χ1) is 7.88. The quantitative estimate of drug-likeness (QED) is 0.591. The molecular formula is C12H19BN2O. The van der Waals surface area contributed by atoms with Gasteiger partial charge in [0, 0.05) is 6.54 Å². The van der Waals surface area contributed by atoms with Crippen LogP contribution >= 0.6 is 0 Å². The molecule has 16 heavy (non-hydrogen) atoms. The van der Waals surface area contributed by atoms with Crippen molar-refractivity contribution >= 4 is 7.48 Å². The first kappa shape index (κ1) is 11.6. The Morgan fingerprint density at radius 1 is 1.38 bits per heavy atom. The largest absolute Gasteiger partial charge is 0.427 e. The molecule has 0 bridgehead atoms. The molecule has 2 rings (SSSR count). The first-order valence-electron chi connectivity index (χ1n) is 5.92. The van der Waals surface area contributed by atoms with Crippen LogP contribution in [-0.2, 0) is 11.2 Å². The number of benzene rings is 1. The van der Waals surface area contributed by atoms with Gasteiger partial charge in [0.2, 0.25) is 0 Å². The van der Waals surface area contributed by atoms with Crippen molar-refractivity contribution in [2.24, 2.45) is 5.73 Å². The number of nitrogens with two attached hydrogens (primary N) is 1. The molecule has 1 atom stereocenters. The molecule has 0 radical (unpaired) electrons. The van der Waals surface area contributed by atoms with E-state index in [1.807, 2.05) is 0 Å². The van der Waals surface area contributed by atoms with Crippen LogP contribution in [0.15, 0.2) is 30.3 Å². The minimum Gasteiger partial charge on any atom is -0.427 e. The van der Waals surface area contributed by atoms with E-state index in [-0.39, 0.29) is 0 Å². The molecule has 0 saturated carbocycles. The van der Waals surface area contributed by atoms with Crippen LogP contribution in [0.1, 0.15) is 12.0 Å². The summed E-state index contributed by atoms with van der Waals surface area (Å²) < 4.78 is 5.27. The normalized spacial score (nSPS) is 21.2. The van der Waals surface area contributed by atoms with Gasteiger partial charge >= 0.3 is 0 Å². The molecule has 3 nitrogen and oxygen atoms in total. The molecular weight excluding hydrogens is 199 g/mol. The van der Waals surface area contributed by atoms with Crippen molar-refractivity contribution < 1.29 is 4.65 Å². The van der Waals surface area contributed by atoms with Gasteiger partial charge in [-0.25, -0.2) is 0 Å². The topological polar surface area (TPSA) is 38.5 Å². The summed E-state index contributed by atoms with van der Waals surface area (Å²) in [5, 5.41) is 0. The van der Waals surface area contributed by atoms with Gasteiger partial charge in [0.1, 0.15) is 0 Å². The van der Waals surface area contributed by atoms with Crippen molar-refractivity contribution in [3.05, 3.63) is 35.9 Å². The summed E-state index contributed by atoms with van der Waals surface area (Å²) in [4.78, 5) is 2.49. The Labute approximate surface area is 97.9 Å².